The summed E-state index contributed by atoms with van der Waals surface area (Å²) in [4.78, 5) is 33.4. The van der Waals surface area contributed by atoms with Crippen molar-refractivity contribution in [3.05, 3.63) is 58.4 Å². The Morgan fingerprint density at radius 3 is 2.54 bits per heavy atom. The number of nitrogens with zero attached hydrogens (tertiary/aromatic N) is 1. The van der Waals surface area contributed by atoms with Crippen LogP contribution < -0.4 is 16.0 Å². The van der Waals surface area contributed by atoms with Crippen LogP contribution in [0.3, 0.4) is 0 Å². The topological polar surface area (TPSA) is 113 Å². The average molecular weight is 360 g/mol. The SMILES string of the molecule is CC(=O)Nc1cc(NC(=O)CCNc2ccccc2[N+](=O)[O-])ccc1F. The van der Waals surface area contributed by atoms with Crippen molar-refractivity contribution in [3.63, 3.8) is 0 Å². The van der Waals surface area contributed by atoms with Gasteiger partial charge < -0.3 is 16.0 Å². The second kappa shape index (κ2) is 8.56. The molecule has 0 aliphatic carbocycles. The normalized spacial score (nSPS) is 10.1. The van der Waals surface area contributed by atoms with Crippen LogP contribution >= 0.6 is 0 Å². The number of carbonyl (C=O) groups is 2. The Kier molecular flexibility index (Phi) is 6.20. The molecule has 9 heteroatoms. The van der Waals surface area contributed by atoms with Gasteiger partial charge in [-0.2, -0.15) is 0 Å². The van der Waals surface area contributed by atoms with E-state index in [0.717, 1.165) is 6.07 Å². The number of benzene rings is 2. The maximum Gasteiger partial charge on any atom is 0.292 e. The molecule has 2 rings (SSSR count). The number of rotatable bonds is 7. The van der Waals surface area contributed by atoms with E-state index >= 15 is 0 Å². The van der Waals surface area contributed by atoms with E-state index in [4.69, 9.17) is 0 Å². The summed E-state index contributed by atoms with van der Waals surface area (Å²) in [7, 11) is 0. The third-order valence-electron chi connectivity index (χ3n) is 3.33. The van der Waals surface area contributed by atoms with E-state index in [1.54, 1.807) is 18.2 Å². The molecule has 0 unspecified atom stereocenters. The average Bonchev–Trinajstić information content (AvgIpc) is 2.57. The molecule has 136 valence electrons. The monoisotopic (exact) mass is 360 g/mol. The first-order valence-corrected chi connectivity index (χ1v) is 7.71. The molecule has 0 bridgehead atoms. The van der Waals surface area contributed by atoms with Crippen LogP contribution in [0.2, 0.25) is 0 Å². The lowest BCUT2D eigenvalue weighted by atomic mass is 10.2. The molecule has 0 saturated carbocycles. The minimum absolute atomic E-state index is 0.0339. The maximum absolute atomic E-state index is 13.6. The van der Waals surface area contributed by atoms with Crippen molar-refractivity contribution in [1.82, 2.24) is 0 Å². The van der Waals surface area contributed by atoms with Gasteiger partial charge in [-0.1, -0.05) is 12.1 Å². The molecule has 2 aromatic rings. The summed E-state index contributed by atoms with van der Waals surface area (Å²) in [6.45, 7) is 1.43. The fourth-order valence-electron chi connectivity index (χ4n) is 2.20. The molecule has 0 spiro atoms. The minimum Gasteiger partial charge on any atom is -0.379 e. The lowest BCUT2D eigenvalue weighted by Gasteiger charge is -2.10. The van der Waals surface area contributed by atoms with Crippen LogP contribution in [0.1, 0.15) is 13.3 Å². The smallest absolute Gasteiger partial charge is 0.292 e. The number of hydrogen-bond donors (Lipinski definition) is 3. The Hall–Kier alpha value is -3.49. The van der Waals surface area contributed by atoms with Gasteiger partial charge in [0.05, 0.1) is 10.6 Å². The fourth-order valence-corrected chi connectivity index (χ4v) is 2.20. The molecule has 0 heterocycles. The Balaban J connectivity index is 1.92. The van der Waals surface area contributed by atoms with E-state index in [9.17, 15) is 24.1 Å². The van der Waals surface area contributed by atoms with Crippen LogP contribution in [0, 0.1) is 15.9 Å². The van der Waals surface area contributed by atoms with Crippen molar-refractivity contribution in [2.45, 2.75) is 13.3 Å². The molecule has 0 saturated heterocycles. The van der Waals surface area contributed by atoms with Gasteiger partial charge in [0.2, 0.25) is 11.8 Å². The highest BCUT2D eigenvalue weighted by atomic mass is 19.1. The summed E-state index contributed by atoms with van der Waals surface area (Å²) in [5.41, 5.74) is 0.533. The van der Waals surface area contributed by atoms with Crippen LogP contribution in [0.5, 0.6) is 0 Å². The van der Waals surface area contributed by atoms with Gasteiger partial charge in [-0.3, -0.25) is 19.7 Å². The molecule has 0 aliphatic heterocycles. The van der Waals surface area contributed by atoms with Crippen molar-refractivity contribution in [2.75, 3.05) is 22.5 Å². The standard InChI is InChI=1S/C17H17FN4O4/c1-11(23)20-15-10-12(6-7-13(15)18)21-17(24)8-9-19-14-4-2-3-5-16(14)22(25)26/h2-7,10,19H,8-9H2,1H3,(H,20,23)(H,21,24). The van der Waals surface area contributed by atoms with Crippen molar-refractivity contribution < 1.29 is 18.9 Å². The van der Waals surface area contributed by atoms with Gasteiger partial charge in [-0.05, 0) is 24.3 Å². The number of nitro groups is 1. The first-order chi connectivity index (χ1) is 12.4. The molecule has 0 radical (unpaired) electrons. The Bertz CT molecular complexity index is 841. The number of amides is 2. The quantitative estimate of drug-likeness (QED) is 0.518. The number of carbonyl (C=O) groups excluding carboxylic acids is 2. The van der Waals surface area contributed by atoms with Crippen LogP contribution in [0.25, 0.3) is 0 Å². The Labute approximate surface area is 148 Å². The molecule has 0 atom stereocenters. The largest absolute Gasteiger partial charge is 0.379 e. The summed E-state index contributed by atoms with van der Waals surface area (Å²) < 4.78 is 13.6. The van der Waals surface area contributed by atoms with Gasteiger partial charge in [-0.15, -0.1) is 0 Å². The minimum atomic E-state index is -0.615. The van der Waals surface area contributed by atoms with Crippen molar-refractivity contribution in [3.8, 4) is 0 Å². The molecule has 3 N–H and O–H groups in total. The Morgan fingerprint density at radius 1 is 1.12 bits per heavy atom. The van der Waals surface area contributed by atoms with E-state index < -0.39 is 16.6 Å². The second-order valence-corrected chi connectivity index (χ2v) is 5.38. The van der Waals surface area contributed by atoms with Crippen molar-refractivity contribution >= 4 is 34.6 Å². The molecule has 2 amide bonds. The van der Waals surface area contributed by atoms with Gasteiger partial charge in [0.25, 0.3) is 5.69 Å². The second-order valence-electron chi connectivity index (χ2n) is 5.38. The van der Waals surface area contributed by atoms with Crippen molar-refractivity contribution in [1.29, 1.82) is 0 Å². The third-order valence-corrected chi connectivity index (χ3v) is 3.33. The highest BCUT2D eigenvalue weighted by Crippen LogP contribution is 2.23. The highest BCUT2D eigenvalue weighted by Gasteiger charge is 2.12. The summed E-state index contributed by atoms with van der Waals surface area (Å²) in [5.74, 6) is -1.41. The zero-order chi connectivity index (χ0) is 19.1. The molecule has 26 heavy (non-hydrogen) atoms. The molecular weight excluding hydrogens is 343 g/mol. The highest BCUT2D eigenvalue weighted by molar-refractivity contribution is 5.93. The lowest BCUT2D eigenvalue weighted by Crippen LogP contribution is -2.17. The molecule has 0 fully saturated rings. The summed E-state index contributed by atoms with van der Waals surface area (Å²) in [6.07, 6.45) is 0.0406. The zero-order valence-electron chi connectivity index (χ0n) is 13.9. The first kappa shape index (κ1) is 18.8. The van der Waals surface area contributed by atoms with Crippen LogP contribution in [-0.2, 0) is 9.59 Å². The lowest BCUT2D eigenvalue weighted by molar-refractivity contribution is -0.384. The van der Waals surface area contributed by atoms with Gasteiger partial charge in [-0.25, -0.2) is 4.39 Å². The van der Waals surface area contributed by atoms with Gasteiger partial charge >= 0.3 is 0 Å². The molecular formula is C17H17FN4O4. The number of nitrogens with one attached hydrogen (secondary N) is 3. The van der Waals surface area contributed by atoms with E-state index in [0.29, 0.717) is 11.4 Å². The third kappa shape index (κ3) is 5.26. The number of anilines is 3. The van der Waals surface area contributed by atoms with Crippen molar-refractivity contribution in [2.24, 2.45) is 0 Å². The molecule has 0 aliphatic rings. The van der Waals surface area contributed by atoms with Crippen LogP contribution in [0.15, 0.2) is 42.5 Å². The van der Waals surface area contributed by atoms with Gasteiger partial charge in [0.1, 0.15) is 11.5 Å². The molecule has 0 aromatic heterocycles. The molecule has 2 aromatic carbocycles. The number of para-hydroxylation sites is 2. The van der Waals surface area contributed by atoms with E-state index in [-0.39, 0.29) is 30.2 Å². The summed E-state index contributed by atoms with van der Waals surface area (Å²) in [6, 6.07) is 9.93. The summed E-state index contributed by atoms with van der Waals surface area (Å²) >= 11 is 0. The Morgan fingerprint density at radius 2 is 1.85 bits per heavy atom. The van der Waals surface area contributed by atoms with Gasteiger partial charge in [0.15, 0.2) is 0 Å². The first-order valence-electron chi connectivity index (χ1n) is 7.71. The van der Waals surface area contributed by atoms with E-state index in [1.807, 2.05) is 0 Å². The van der Waals surface area contributed by atoms with E-state index in [2.05, 4.69) is 16.0 Å². The number of hydrogen-bond acceptors (Lipinski definition) is 5. The number of nitro benzene ring substituents is 1. The predicted octanol–water partition coefficient (Wildman–Crippen LogP) is 3.13. The number of halogens is 1. The van der Waals surface area contributed by atoms with E-state index in [1.165, 1.54) is 25.1 Å². The maximum atomic E-state index is 13.6. The van der Waals surface area contributed by atoms with Gasteiger partial charge in [0, 0.05) is 31.6 Å². The van der Waals surface area contributed by atoms with Crippen LogP contribution in [0.4, 0.5) is 27.1 Å². The summed E-state index contributed by atoms with van der Waals surface area (Å²) in [5, 5.41) is 18.7. The molecule has 8 nitrogen and oxygen atoms in total. The fraction of sp³-hybridized carbons (Fsp3) is 0.176. The van der Waals surface area contributed by atoms with Crippen LogP contribution in [-0.4, -0.2) is 23.3 Å². The zero-order valence-corrected chi connectivity index (χ0v) is 13.9. The predicted molar refractivity (Wildman–Crippen MR) is 95.5 cm³/mol.